The van der Waals surface area contributed by atoms with Crippen LogP contribution in [0, 0.1) is 6.92 Å². The summed E-state index contributed by atoms with van der Waals surface area (Å²) in [5, 5.41) is 10.6. The van der Waals surface area contributed by atoms with E-state index in [0.717, 1.165) is 11.1 Å². The Morgan fingerprint density at radius 3 is 2.47 bits per heavy atom. The van der Waals surface area contributed by atoms with E-state index in [4.69, 9.17) is 0 Å². The maximum absolute atomic E-state index is 13.2. The van der Waals surface area contributed by atoms with Gasteiger partial charge in [-0.3, -0.25) is 0 Å². The van der Waals surface area contributed by atoms with Gasteiger partial charge in [-0.2, -0.15) is 4.40 Å². The largest absolute Gasteiger partial charge is 0.861 e. The first-order chi connectivity index (χ1) is 17.1. The van der Waals surface area contributed by atoms with Gasteiger partial charge >= 0.3 is 0 Å². The molecule has 2 N–H and O–H groups in total. The highest BCUT2D eigenvalue weighted by Crippen LogP contribution is 2.35. The summed E-state index contributed by atoms with van der Waals surface area (Å²) in [5.74, 6) is -0.191. The molecule has 4 aromatic rings. The van der Waals surface area contributed by atoms with Gasteiger partial charge in [0.15, 0.2) is 0 Å². The number of aryl methyl sites for hydroxylation is 1. The zero-order valence-electron chi connectivity index (χ0n) is 19.2. The van der Waals surface area contributed by atoms with E-state index in [2.05, 4.69) is 19.1 Å². The summed E-state index contributed by atoms with van der Waals surface area (Å²) in [7, 11) is -7.75. The fraction of sp³-hybridized carbons (Fsp3) is 0.200. The van der Waals surface area contributed by atoms with Gasteiger partial charge in [0.2, 0.25) is 10.0 Å². The number of hydrogen-bond acceptors (Lipinski definition) is 6. The number of imidazole rings is 1. The number of para-hydroxylation sites is 2. The molecular weight excluding hydrogens is 500 g/mol. The Hall–Kier alpha value is -3.54. The number of hydrogen-bond donors (Lipinski definition) is 2. The van der Waals surface area contributed by atoms with Crippen molar-refractivity contribution in [3.63, 3.8) is 0 Å². The van der Waals surface area contributed by atoms with Crippen LogP contribution >= 0.6 is 0 Å². The molecule has 1 aliphatic heterocycles. The van der Waals surface area contributed by atoms with Gasteiger partial charge < -0.3 is 10.1 Å². The molecule has 186 valence electrons. The number of sulfonamides is 2. The van der Waals surface area contributed by atoms with Crippen LogP contribution in [0.3, 0.4) is 0 Å². The molecule has 0 spiro atoms. The summed E-state index contributed by atoms with van der Waals surface area (Å²) >= 11 is 0. The van der Waals surface area contributed by atoms with E-state index in [0.29, 0.717) is 22.5 Å². The minimum atomic E-state index is -3.89. The molecule has 0 saturated carbocycles. The maximum atomic E-state index is 13.2. The smallest absolute Gasteiger partial charge is 0.259 e. The quantitative estimate of drug-likeness (QED) is 0.381. The number of nitrogens with one attached hydrogen (secondary N) is 2. The van der Waals surface area contributed by atoms with Crippen LogP contribution in [0.5, 0.6) is 0 Å². The van der Waals surface area contributed by atoms with Crippen LogP contribution in [-0.2, 0) is 26.5 Å². The Morgan fingerprint density at radius 2 is 1.81 bits per heavy atom. The second kappa shape index (κ2) is 9.16. The van der Waals surface area contributed by atoms with E-state index < -0.39 is 37.2 Å². The molecule has 1 aromatic heterocycles. The van der Waals surface area contributed by atoms with Gasteiger partial charge in [0.1, 0.15) is 11.1 Å². The van der Waals surface area contributed by atoms with Crippen molar-refractivity contribution in [3.05, 3.63) is 95.3 Å². The third-order valence-corrected chi connectivity index (χ3v) is 9.24. The second-order valence-corrected chi connectivity index (χ2v) is 12.2. The summed E-state index contributed by atoms with van der Waals surface area (Å²) in [6.07, 6.45) is 0.0781. The van der Waals surface area contributed by atoms with Crippen LogP contribution in [0.4, 0.5) is 0 Å². The lowest BCUT2D eigenvalue weighted by Gasteiger charge is -2.19. The highest BCUT2D eigenvalue weighted by Gasteiger charge is 2.33. The van der Waals surface area contributed by atoms with Gasteiger partial charge in [-0.25, -0.2) is 26.5 Å². The van der Waals surface area contributed by atoms with Crippen LogP contribution in [0.25, 0.3) is 11.0 Å². The Morgan fingerprint density at radius 1 is 1.08 bits per heavy atom. The minimum absolute atomic E-state index is 0.137. The van der Waals surface area contributed by atoms with Crippen LogP contribution in [0.15, 0.2) is 82.1 Å². The summed E-state index contributed by atoms with van der Waals surface area (Å²) in [6.45, 7) is 1.77. The van der Waals surface area contributed by atoms with E-state index in [-0.39, 0.29) is 17.7 Å². The van der Waals surface area contributed by atoms with Gasteiger partial charge in [-0.1, -0.05) is 48.5 Å². The Labute approximate surface area is 209 Å². The first-order valence-corrected chi connectivity index (χ1v) is 14.2. The SMILES string of the molecule is Cc1cc(C[C@H](NS(=O)(=O)c2ccccc2)c2nc3ccccc3[nH]2)ccc1[C@@H]1CC([O-])=NS1(=O)=O. The van der Waals surface area contributed by atoms with E-state index in [1.54, 1.807) is 43.3 Å². The highest BCUT2D eigenvalue weighted by molar-refractivity contribution is 7.91. The molecule has 0 fully saturated rings. The molecule has 5 rings (SSSR count). The molecule has 11 heteroatoms. The maximum Gasteiger partial charge on any atom is 0.259 e. The topological polar surface area (TPSA) is 144 Å². The normalized spacial score (nSPS) is 18.2. The monoisotopic (exact) mass is 523 g/mol. The van der Waals surface area contributed by atoms with Crippen LogP contribution in [-0.4, -0.2) is 32.7 Å². The molecule has 0 unspecified atom stereocenters. The number of aromatic amines is 1. The Bertz CT molecular complexity index is 1650. The summed E-state index contributed by atoms with van der Waals surface area (Å²) in [5.41, 5.74) is 3.46. The van der Waals surface area contributed by atoms with Gasteiger partial charge in [0.05, 0.1) is 22.0 Å². The van der Waals surface area contributed by atoms with E-state index >= 15 is 0 Å². The van der Waals surface area contributed by atoms with Crippen molar-refractivity contribution in [1.82, 2.24) is 14.7 Å². The molecule has 9 nitrogen and oxygen atoms in total. The average molecular weight is 524 g/mol. The molecule has 2 atom stereocenters. The highest BCUT2D eigenvalue weighted by atomic mass is 32.2. The lowest BCUT2D eigenvalue weighted by Crippen LogP contribution is -2.31. The van der Waals surface area contributed by atoms with Crippen LogP contribution < -0.4 is 9.83 Å². The number of fused-ring (bicyclic) bond motifs is 1. The summed E-state index contributed by atoms with van der Waals surface area (Å²) < 4.78 is 56.9. The lowest BCUT2D eigenvalue weighted by atomic mass is 9.97. The molecular formula is C25H23N4O5S2-. The van der Waals surface area contributed by atoms with Crippen molar-refractivity contribution >= 4 is 37.0 Å². The first kappa shape index (κ1) is 24.2. The van der Waals surface area contributed by atoms with E-state index in [1.807, 2.05) is 24.3 Å². The van der Waals surface area contributed by atoms with Crippen molar-refractivity contribution in [2.75, 3.05) is 0 Å². The van der Waals surface area contributed by atoms with Crippen molar-refractivity contribution in [1.29, 1.82) is 0 Å². The molecule has 0 amide bonds. The van der Waals surface area contributed by atoms with Crippen molar-refractivity contribution < 1.29 is 21.9 Å². The molecule has 3 aromatic carbocycles. The molecule has 1 aliphatic rings. The first-order valence-electron chi connectivity index (χ1n) is 11.2. The zero-order chi connectivity index (χ0) is 25.5. The van der Waals surface area contributed by atoms with Gasteiger partial charge in [0, 0.05) is 0 Å². The Balaban J connectivity index is 1.49. The minimum Gasteiger partial charge on any atom is -0.861 e. The number of rotatable bonds is 7. The second-order valence-electron chi connectivity index (χ2n) is 8.71. The molecule has 0 radical (unpaired) electrons. The third kappa shape index (κ3) is 4.77. The fourth-order valence-electron chi connectivity index (χ4n) is 4.43. The van der Waals surface area contributed by atoms with Gasteiger partial charge in [-0.05, 0) is 66.6 Å². The van der Waals surface area contributed by atoms with Crippen molar-refractivity contribution in [2.45, 2.75) is 36.0 Å². The van der Waals surface area contributed by atoms with Crippen LogP contribution in [0.2, 0.25) is 0 Å². The zero-order valence-corrected chi connectivity index (χ0v) is 20.9. The van der Waals surface area contributed by atoms with Gasteiger partial charge in [0.25, 0.3) is 10.0 Å². The average Bonchev–Trinajstić information content (AvgIpc) is 3.38. The number of nitrogens with zero attached hydrogens (tertiary/aromatic N) is 2. The fourth-order valence-corrected chi connectivity index (χ4v) is 7.07. The Kier molecular flexibility index (Phi) is 6.15. The predicted octanol–water partition coefficient (Wildman–Crippen LogP) is 2.67. The van der Waals surface area contributed by atoms with Crippen molar-refractivity contribution in [3.8, 4) is 0 Å². The number of aromatic nitrogens is 2. The molecule has 2 heterocycles. The van der Waals surface area contributed by atoms with Crippen LogP contribution in [0.1, 0.15) is 40.2 Å². The van der Waals surface area contributed by atoms with Crippen molar-refractivity contribution in [2.24, 2.45) is 4.40 Å². The molecule has 0 aliphatic carbocycles. The standard InChI is InChI=1S/C25H24N4O5S2/c1-16-13-17(11-12-19(16)23-15-24(30)29-36(23,33)34)14-22(25-26-20-9-5-6-10-21(20)27-25)28-35(31,32)18-7-3-2-4-8-18/h2-13,22-23,28H,14-15H2,1H3,(H,26,27)(H,29,30)/p-1/t22-,23-/m0/s1. The molecule has 0 bridgehead atoms. The third-order valence-electron chi connectivity index (χ3n) is 6.16. The number of H-pyrrole nitrogens is 1. The predicted molar refractivity (Wildman–Crippen MR) is 134 cm³/mol. The lowest BCUT2D eigenvalue weighted by molar-refractivity contribution is -0.217. The molecule has 36 heavy (non-hydrogen) atoms. The van der Waals surface area contributed by atoms with E-state index in [9.17, 15) is 21.9 Å². The summed E-state index contributed by atoms with van der Waals surface area (Å²) in [4.78, 5) is 7.95. The van der Waals surface area contributed by atoms with E-state index in [1.165, 1.54) is 12.1 Å². The number of benzene rings is 3. The summed E-state index contributed by atoms with van der Waals surface area (Å²) in [6, 6.07) is 20.0. The van der Waals surface area contributed by atoms with Gasteiger partial charge in [-0.15, -0.1) is 0 Å². The molecule has 0 saturated heterocycles.